The summed E-state index contributed by atoms with van der Waals surface area (Å²) in [6, 6.07) is 2.39. The van der Waals surface area contributed by atoms with Gasteiger partial charge in [0.05, 0.1) is 6.54 Å². The Kier molecular flexibility index (Phi) is 8.35. The summed E-state index contributed by atoms with van der Waals surface area (Å²) in [4.78, 5) is 4.25. The lowest BCUT2D eigenvalue weighted by Gasteiger charge is -2.16. The molecule has 1 aromatic heterocycles. The molecule has 1 aromatic rings. The van der Waals surface area contributed by atoms with Crippen molar-refractivity contribution in [3.05, 3.63) is 18.0 Å². The number of hydrogen-bond acceptors (Lipinski definition) is 4. The van der Waals surface area contributed by atoms with Crippen LogP contribution in [0.3, 0.4) is 0 Å². The molecule has 0 spiro atoms. The average molecular weight is 410 g/mol. The lowest BCUT2D eigenvalue weighted by molar-refractivity contribution is 0.410. The number of nitrogens with one attached hydrogen (secondary N) is 2. The standard InChI is InChI=1S/C13H22N4OS.HI/c1-3-19-12-5-4-10(8-12)16-13(14-2)15-9-11-6-7-18-17-11;/h6-7,10,12H,3-5,8-9H2,1-2H3,(H2,14,15,16);1H. The highest BCUT2D eigenvalue weighted by atomic mass is 127. The number of nitrogens with zero attached hydrogens (tertiary/aromatic N) is 2. The van der Waals surface area contributed by atoms with Gasteiger partial charge in [-0.05, 0) is 25.0 Å². The second-order valence-corrected chi connectivity index (χ2v) is 6.23. The summed E-state index contributed by atoms with van der Waals surface area (Å²) in [6.45, 7) is 2.86. The summed E-state index contributed by atoms with van der Waals surface area (Å²) in [5, 5.41) is 11.4. The molecule has 0 amide bonds. The van der Waals surface area contributed by atoms with Crippen LogP contribution in [0.25, 0.3) is 0 Å². The van der Waals surface area contributed by atoms with Crippen molar-refractivity contribution >= 4 is 41.7 Å². The number of hydrogen-bond donors (Lipinski definition) is 2. The van der Waals surface area contributed by atoms with Crippen molar-refractivity contribution in [3.63, 3.8) is 0 Å². The first-order valence-electron chi connectivity index (χ1n) is 6.79. The average Bonchev–Trinajstić information content (AvgIpc) is 3.06. The van der Waals surface area contributed by atoms with Crippen molar-refractivity contribution in [1.29, 1.82) is 0 Å². The van der Waals surface area contributed by atoms with Crippen LogP contribution in [0.2, 0.25) is 0 Å². The van der Waals surface area contributed by atoms with Crippen LogP contribution in [0, 0.1) is 0 Å². The summed E-state index contributed by atoms with van der Waals surface area (Å²) >= 11 is 2.07. The number of thioether (sulfide) groups is 1. The highest BCUT2D eigenvalue weighted by Gasteiger charge is 2.24. The van der Waals surface area contributed by atoms with Gasteiger partial charge in [0.15, 0.2) is 5.96 Å². The molecule has 0 aliphatic heterocycles. The third-order valence-corrected chi connectivity index (χ3v) is 4.51. The van der Waals surface area contributed by atoms with Crippen molar-refractivity contribution in [2.75, 3.05) is 12.8 Å². The number of aliphatic imine (C=N–C) groups is 1. The van der Waals surface area contributed by atoms with E-state index in [1.807, 2.05) is 6.07 Å². The predicted molar refractivity (Wildman–Crippen MR) is 94.8 cm³/mol. The van der Waals surface area contributed by atoms with Gasteiger partial charge in [-0.25, -0.2) is 0 Å². The highest BCUT2D eigenvalue weighted by molar-refractivity contribution is 14.0. The van der Waals surface area contributed by atoms with E-state index >= 15 is 0 Å². The molecule has 2 atom stereocenters. The maximum absolute atomic E-state index is 4.80. The van der Waals surface area contributed by atoms with Gasteiger partial charge in [-0.1, -0.05) is 12.1 Å². The molecule has 1 saturated carbocycles. The van der Waals surface area contributed by atoms with Gasteiger partial charge in [-0.2, -0.15) is 11.8 Å². The van der Waals surface area contributed by atoms with E-state index < -0.39 is 0 Å². The maximum Gasteiger partial charge on any atom is 0.191 e. The first-order chi connectivity index (χ1) is 9.31. The van der Waals surface area contributed by atoms with E-state index in [1.54, 1.807) is 13.3 Å². The predicted octanol–water partition coefficient (Wildman–Crippen LogP) is 2.63. The summed E-state index contributed by atoms with van der Waals surface area (Å²) in [7, 11) is 1.80. The summed E-state index contributed by atoms with van der Waals surface area (Å²) in [5.41, 5.74) is 0.883. The molecule has 1 aliphatic carbocycles. The van der Waals surface area contributed by atoms with Gasteiger partial charge in [0.25, 0.3) is 0 Å². The van der Waals surface area contributed by atoms with Crippen LogP contribution in [-0.4, -0.2) is 35.2 Å². The van der Waals surface area contributed by atoms with Crippen LogP contribution < -0.4 is 10.6 Å². The van der Waals surface area contributed by atoms with Gasteiger partial charge in [0, 0.05) is 24.4 Å². The fourth-order valence-electron chi connectivity index (χ4n) is 2.35. The lowest BCUT2D eigenvalue weighted by Crippen LogP contribution is -2.42. The molecule has 1 fully saturated rings. The molecule has 7 heteroatoms. The first kappa shape index (κ1) is 17.6. The molecule has 2 rings (SSSR count). The zero-order valence-corrected chi connectivity index (χ0v) is 15.1. The second-order valence-electron chi connectivity index (χ2n) is 4.65. The minimum absolute atomic E-state index is 0. The van der Waals surface area contributed by atoms with Crippen molar-refractivity contribution in [2.24, 2.45) is 4.99 Å². The fraction of sp³-hybridized carbons (Fsp3) is 0.692. The van der Waals surface area contributed by atoms with Crippen LogP contribution in [0.15, 0.2) is 21.8 Å². The molecule has 2 N–H and O–H groups in total. The van der Waals surface area contributed by atoms with Crippen molar-refractivity contribution in [1.82, 2.24) is 15.8 Å². The molecule has 5 nitrogen and oxygen atoms in total. The molecule has 1 heterocycles. The number of aromatic nitrogens is 1. The molecule has 0 bridgehead atoms. The van der Waals surface area contributed by atoms with Gasteiger partial charge in [-0.15, -0.1) is 24.0 Å². The van der Waals surface area contributed by atoms with E-state index in [9.17, 15) is 0 Å². The van der Waals surface area contributed by atoms with E-state index in [1.165, 1.54) is 25.0 Å². The summed E-state index contributed by atoms with van der Waals surface area (Å²) < 4.78 is 4.80. The zero-order chi connectivity index (χ0) is 13.5. The Balaban J connectivity index is 0.00000200. The van der Waals surface area contributed by atoms with E-state index in [-0.39, 0.29) is 24.0 Å². The number of halogens is 1. The van der Waals surface area contributed by atoms with E-state index in [0.717, 1.165) is 16.9 Å². The highest BCUT2D eigenvalue weighted by Crippen LogP contribution is 2.29. The maximum atomic E-state index is 4.80. The number of guanidine groups is 1. The quantitative estimate of drug-likeness (QED) is 0.444. The molecule has 2 unspecified atom stereocenters. The Labute approximate surface area is 141 Å². The van der Waals surface area contributed by atoms with Crippen LogP contribution >= 0.6 is 35.7 Å². The Morgan fingerprint density at radius 3 is 3.05 bits per heavy atom. The fourth-order valence-corrected chi connectivity index (χ4v) is 3.49. The van der Waals surface area contributed by atoms with Crippen LogP contribution in [0.1, 0.15) is 31.9 Å². The van der Waals surface area contributed by atoms with Gasteiger partial charge in [0.2, 0.25) is 0 Å². The Morgan fingerprint density at radius 2 is 2.40 bits per heavy atom. The van der Waals surface area contributed by atoms with Gasteiger partial charge < -0.3 is 15.2 Å². The van der Waals surface area contributed by atoms with Gasteiger partial charge in [-0.3, -0.25) is 4.99 Å². The van der Waals surface area contributed by atoms with E-state index in [0.29, 0.717) is 12.6 Å². The van der Waals surface area contributed by atoms with Crippen LogP contribution in [0.4, 0.5) is 0 Å². The topological polar surface area (TPSA) is 62.5 Å². The SMILES string of the molecule is CCSC1CCC(NC(=NC)NCc2ccon2)C1.I. The molecule has 20 heavy (non-hydrogen) atoms. The monoisotopic (exact) mass is 410 g/mol. The molecular formula is C13H23IN4OS. The Morgan fingerprint density at radius 1 is 1.55 bits per heavy atom. The van der Waals surface area contributed by atoms with E-state index in [2.05, 4.69) is 39.5 Å². The normalized spacial score (nSPS) is 22.4. The third-order valence-electron chi connectivity index (χ3n) is 3.28. The minimum Gasteiger partial charge on any atom is -0.364 e. The number of rotatable bonds is 5. The smallest absolute Gasteiger partial charge is 0.191 e. The van der Waals surface area contributed by atoms with E-state index in [4.69, 9.17) is 4.52 Å². The zero-order valence-electron chi connectivity index (χ0n) is 12.0. The van der Waals surface area contributed by atoms with Crippen molar-refractivity contribution in [3.8, 4) is 0 Å². The molecule has 0 saturated heterocycles. The third kappa shape index (κ3) is 5.51. The molecule has 0 aromatic carbocycles. The van der Waals surface area contributed by atoms with Gasteiger partial charge >= 0.3 is 0 Å². The molecule has 1 aliphatic rings. The molecule has 0 radical (unpaired) electrons. The van der Waals surface area contributed by atoms with Crippen molar-refractivity contribution < 1.29 is 4.52 Å². The largest absolute Gasteiger partial charge is 0.364 e. The second kappa shape index (κ2) is 9.49. The molecule has 114 valence electrons. The minimum atomic E-state index is 0. The lowest BCUT2D eigenvalue weighted by atomic mass is 10.2. The van der Waals surface area contributed by atoms with Crippen LogP contribution in [-0.2, 0) is 6.54 Å². The first-order valence-corrected chi connectivity index (χ1v) is 7.84. The Bertz CT molecular complexity index is 399. The summed E-state index contributed by atoms with van der Waals surface area (Å²) in [6.07, 6.45) is 5.33. The molecular weight excluding hydrogens is 387 g/mol. The van der Waals surface area contributed by atoms with Crippen LogP contribution in [0.5, 0.6) is 0 Å². The Hall–Kier alpha value is -0.440. The van der Waals surface area contributed by atoms with Gasteiger partial charge in [0.1, 0.15) is 12.0 Å². The summed E-state index contributed by atoms with van der Waals surface area (Å²) in [5.74, 6) is 2.05. The van der Waals surface area contributed by atoms with Crippen molar-refractivity contribution in [2.45, 2.75) is 44.0 Å².